The predicted molar refractivity (Wildman–Crippen MR) is 89.5 cm³/mol. The first-order valence-electron chi connectivity index (χ1n) is 8.61. The molecule has 1 N–H and O–H groups in total. The highest BCUT2D eigenvalue weighted by Gasteiger charge is 2.36. The Labute approximate surface area is 139 Å². The van der Waals surface area contributed by atoms with E-state index in [1.54, 1.807) is 4.90 Å². The summed E-state index contributed by atoms with van der Waals surface area (Å²) in [5, 5.41) is 19.4. The molecular formula is C18H29N3O2. The maximum absolute atomic E-state index is 12.6. The van der Waals surface area contributed by atoms with Gasteiger partial charge in [0, 0.05) is 12.1 Å². The summed E-state index contributed by atoms with van der Waals surface area (Å²) in [4.78, 5) is 16.4. The highest BCUT2D eigenvalue weighted by molar-refractivity contribution is 5.79. The summed E-state index contributed by atoms with van der Waals surface area (Å²) >= 11 is 0. The van der Waals surface area contributed by atoms with Gasteiger partial charge >= 0.3 is 0 Å². The van der Waals surface area contributed by atoms with Gasteiger partial charge in [0.25, 0.3) is 0 Å². The number of nitrogens with zero attached hydrogens (tertiary/aromatic N) is 3. The van der Waals surface area contributed by atoms with Gasteiger partial charge in [-0.25, -0.2) is 0 Å². The smallest absolute Gasteiger partial charge is 0.237 e. The molecule has 1 amide bonds. The van der Waals surface area contributed by atoms with Crippen LogP contribution in [0.4, 0.5) is 0 Å². The fourth-order valence-corrected chi connectivity index (χ4v) is 3.90. The summed E-state index contributed by atoms with van der Waals surface area (Å²) < 4.78 is 0. The Kier molecular flexibility index (Phi) is 5.83. The van der Waals surface area contributed by atoms with Crippen LogP contribution in [0.1, 0.15) is 46.0 Å². The van der Waals surface area contributed by atoms with Gasteiger partial charge in [-0.05, 0) is 52.0 Å². The largest absolute Gasteiger partial charge is 0.393 e. The molecule has 0 aromatic carbocycles. The zero-order valence-electron chi connectivity index (χ0n) is 14.5. The van der Waals surface area contributed by atoms with Crippen LogP contribution in [0.3, 0.4) is 0 Å². The van der Waals surface area contributed by atoms with Crippen LogP contribution < -0.4 is 0 Å². The van der Waals surface area contributed by atoms with Crippen LogP contribution in [0.15, 0.2) is 12.2 Å². The Balaban J connectivity index is 2.05. The first-order chi connectivity index (χ1) is 10.9. The van der Waals surface area contributed by atoms with Crippen LogP contribution in [0.5, 0.6) is 0 Å². The van der Waals surface area contributed by atoms with Gasteiger partial charge in [0.2, 0.25) is 5.91 Å². The first-order valence-corrected chi connectivity index (χ1v) is 8.61. The molecule has 0 saturated carbocycles. The third-order valence-corrected chi connectivity index (χ3v) is 5.33. The number of carbonyl (C=O) groups is 1. The van der Waals surface area contributed by atoms with E-state index in [0.29, 0.717) is 31.8 Å². The van der Waals surface area contributed by atoms with Crippen LogP contribution in [-0.2, 0) is 4.79 Å². The molecule has 2 aliphatic rings. The molecule has 0 radical (unpaired) electrons. The minimum Gasteiger partial charge on any atom is -0.393 e. The van der Waals surface area contributed by atoms with Gasteiger partial charge < -0.3 is 10.0 Å². The van der Waals surface area contributed by atoms with E-state index in [2.05, 4.69) is 37.0 Å². The van der Waals surface area contributed by atoms with E-state index in [1.165, 1.54) is 0 Å². The summed E-state index contributed by atoms with van der Waals surface area (Å²) in [6.07, 6.45) is 7.77. The molecule has 23 heavy (non-hydrogen) atoms. The lowest BCUT2D eigenvalue weighted by Crippen LogP contribution is -2.52. The van der Waals surface area contributed by atoms with Crippen molar-refractivity contribution >= 4 is 5.91 Å². The Morgan fingerprint density at radius 2 is 2.26 bits per heavy atom. The van der Waals surface area contributed by atoms with Gasteiger partial charge in [-0.1, -0.05) is 19.1 Å². The van der Waals surface area contributed by atoms with Crippen molar-refractivity contribution in [2.75, 3.05) is 20.1 Å². The van der Waals surface area contributed by atoms with Gasteiger partial charge in [0.05, 0.1) is 18.7 Å². The van der Waals surface area contributed by atoms with Crippen molar-refractivity contribution in [1.82, 2.24) is 9.80 Å². The Hall–Kier alpha value is -1.38. The number of aliphatic hydroxyl groups excluding tert-OH is 1. The van der Waals surface area contributed by atoms with E-state index in [-0.39, 0.29) is 23.6 Å². The van der Waals surface area contributed by atoms with Crippen LogP contribution in [-0.4, -0.2) is 58.6 Å². The quantitative estimate of drug-likeness (QED) is 0.807. The normalized spacial score (nSPS) is 36.3. The molecule has 5 nitrogen and oxygen atoms in total. The molecule has 0 bridgehead atoms. The molecule has 128 valence electrons. The van der Waals surface area contributed by atoms with Crippen LogP contribution in [0.2, 0.25) is 0 Å². The van der Waals surface area contributed by atoms with E-state index in [0.717, 1.165) is 19.3 Å². The zero-order chi connectivity index (χ0) is 17.0. The van der Waals surface area contributed by atoms with Crippen molar-refractivity contribution in [1.29, 1.82) is 5.26 Å². The van der Waals surface area contributed by atoms with E-state index in [1.807, 2.05) is 7.05 Å². The molecule has 1 heterocycles. The van der Waals surface area contributed by atoms with E-state index in [4.69, 9.17) is 5.26 Å². The minimum atomic E-state index is -0.375. The van der Waals surface area contributed by atoms with Gasteiger partial charge in [-0.15, -0.1) is 0 Å². The number of hydrogen-bond donors (Lipinski definition) is 1. The van der Waals surface area contributed by atoms with Crippen molar-refractivity contribution in [3.63, 3.8) is 0 Å². The van der Waals surface area contributed by atoms with Crippen molar-refractivity contribution < 1.29 is 9.90 Å². The molecule has 1 aliphatic heterocycles. The molecule has 1 saturated heterocycles. The maximum Gasteiger partial charge on any atom is 0.237 e. The summed E-state index contributed by atoms with van der Waals surface area (Å²) in [5.74, 6) is 0.446. The Morgan fingerprint density at radius 1 is 1.52 bits per heavy atom. The van der Waals surface area contributed by atoms with Crippen LogP contribution in [0, 0.1) is 17.2 Å². The lowest BCUT2D eigenvalue weighted by Gasteiger charge is -2.42. The zero-order valence-corrected chi connectivity index (χ0v) is 14.5. The monoisotopic (exact) mass is 319 g/mol. The van der Waals surface area contributed by atoms with Gasteiger partial charge in [-0.2, -0.15) is 5.26 Å². The van der Waals surface area contributed by atoms with Crippen LogP contribution >= 0.6 is 0 Å². The molecule has 0 spiro atoms. The fraction of sp³-hybridized carbons (Fsp3) is 0.778. The summed E-state index contributed by atoms with van der Waals surface area (Å²) in [7, 11) is 1.96. The predicted octanol–water partition coefficient (Wildman–Crippen LogP) is 1.93. The number of likely N-dealkylation sites (N-methyl/N-ethyl adjacent to an activating group) is 1. The number of aliphatic hydroxyl groups is 1. The average molecular weight is 319 g/mol. The molecule has 1 fully saturated rings. The molecule has 3 unspecified atom stereocenters. The standard InChI is InChI=1S/C18H29N3O2/c1-14-6-4-8-16(22)11-18(2,10-14)20(3)13-17(23)21-9-5-7-15(21)12-19/h4,6,14-16,22H,5,7-11,13H2,1-3H3/b6-4+/t14?,15-,16?,18?/m0/s1. The number of likely N-dealkylation sites (tertiary alicyclic amines) is 1. The molecule has 0 aromatic rings. The highest BCUT2D eigenvalue weighted by Crippen LogP contribution is 2.31. The van der Waals surface area contributed by atoms with Gasteiger partial charge in [0.15, 0.2) is 0 Å². The molecule has 1 aliphatic carbocycles. The van der Waals surface area contributed by atoms with E-state index >= 15 is 0 Å². The van der Waals surface area contributed by atoms with Crippen molar-refractivity contribution in [2.24, 2.45) is 5.92 Å². The average Bonchev–Trinajstić information content (AvgIpc) is 2.93. The van der Waals surface area contributed by atoms with Crippen molar-refractivity contribution in [3.05, 3.63) is 12.2 Å². The van der Waals surface area contributed by atoms with Crippen molar-refractivity contribution in [3.8, 4) is 6.07 Å². The summed E-state index contributed by atoms with van der Waals surface area (Å²) in [5.41, 5.74) is -0.221. The van der Waals surface area contributed by atoms with E-state index < -0.39 is 0 Å². The molecule has 0 aromatic heterocycles. The summed E-state index contributed by atoms with van der Waals surface area (Å²) in [6, 6.07) is 1.96. The topological polar surface area (TPSA) is 67.6 Å². The molecule has 2 rings (SSSR count). The summed E-state index contributed by atoms with van der Waals surface area (Å²) in [6.45, 7) is 5.29. The number of carbonyl (C=O) groups excluding carboxylic acids is 1. The third kappa shape index (κ3) is 4.33. The fourth-order valence-electron chi connectivity index (χ4n) is 3.90. The molecule has 4 atom stereocenters. The van der Waals surface area contributed by atoms with Gasteiger partial charge in [-0.3, -0.25) is 9.69 Å². The van der Waals surface area contributed by atoms with Crippen molar-refractivity contribution in [2.45, 2.75) is 63.6 Å². The van der Waals surface area contributed by atoms with Crippen LogP contribution in [0.25, 0.3) is 0 Å². The first kappa shape index (κ1) is 18.0. The number of rotatable bonds is 3. The number of hydrogen-bond acceptors (Lipinski definition) is 4. The lowest BCUT2D eigenvalue weighted by atomic mass is 9.81. The van der Waals surface area contributed by atoms with E-state index in [9.17, 15) is 9.90 Å². The lowest BCUT2D eigenvalue weighted by molar-refractivity contribution is -0.134. The second-order valence-electron chi connectivity index (χ2n) is 7.43. The number of amides is 1. The van der Waals surface area contributed by atoms with Gasteiger partial charge in [0.1, 0.15) is 6.04 Å². The highest BCUT2D eigenvalue weighted by atomic mass is 16.3. The number of allylic oxidation sites excluding steroid dienone is 1. The second-order valence-corrected chi connectivity index (χ2v) is 7.43. The minimum absolute atomic E-state index is 0.0255. The third-order valence-electron chi connectivity index (χ3n) is 5.33. The second kappa shape index (κ2) is 7.46. The maximum atomic E-state index is 12.6. The molecular weight excluding hydrogens is 290 g/mol. The molecule has 5 heteroatoms. The Morgan fingerprint density at radius 3 is 2.96 bits per heavy atom. The number of nitriles is 1. The Bertz CT molecular complexity index is 499. The SMILES string of the molecule is CC1/C=C/CC(O)CC(C)(N(C)CC(=O)N2CCC[C@H]2C#N)C1.